The summed E-state index contributed by atoms with van der Waals surface area (Å²) in [5.41, 5.74) is 0.930. The maximum atomic E-state index is 5.73. The molecule has 2 rings (SSSR count). The second kappa shape index (κ2) is 3.97. The van der Waals surface area contributed by atoms with Gasteiger partial charge >= 0.3 is 0 Å². The zero-order valence-electron chi connectivity index (χ0n) is 7.05. The van der Waals surface area contributed by atoms with Gasteiger partial charge in [-0.2, -0.15) is 5.21 Å². The average Bonchev–Trinajstić information content (AvgIpc) is 2.70. The van der Waals surface area contributed by atoms with E-state index in [2.05, 4.69) is 25.6 Å². The van der Waals surface area contributed by atoms with Crippen molar-refractivity contribution in [1.82, 2.24) is 20.6 Å². The molecule has 0 fully saturated rings. The molecule has 1 N–H and O–H groups in total. The van der Waals surface area contributed by atoms with Crippen molar-refractivity contribution in [2.75, 3.05) is 0 Å². The highest BCUT2D eigenvalue weighted by molar-refractivity contribution is 6.30. The summed E-state index contributed by atoms with van der Waals surface area (Å²) in [5.74, 6) is 0.306. The Bertz CT molecular complexity index is 420. The number of aliphatic imine (C=N–C) groups is 1. The van der Waals surface area contributed by atoms with E-state index in [0.29, 0.717) is 11.0 Å². The van der Waals surface area contributed by atoms with Gasteiger partial charge in [0.25, 0.3) is 5.95 Å². The molecule has 70 valence electrons. The lowest BCUT2D eigenvalue weighted by Gasteiger charge is -1.90. The van der Waals surface area contributed by atoms with Crippen LogP contribution in [0.15, 0.2) is 29.3 Å². The molecular formula is C8H6ClN5. The third-order valence-corrected chi connectivity index (χ3v) is 1.79. The van der Waals surface area contributed by atoms with Gasteiger partial charge in [0.15, 0.2) is 0 Å². The van der Waals surface area contributed by atoms with Crippen LogP contribution in [0.4, 0.5) is 5.95 Å². The van der Waals surface area contributed by atoms with Gasteiger partial charge in [0.05, 0.1) is 0 Å². The Labute approximate surface area is 84.8 Å². The molecule has 0 bridgehead atoms. The molecule has 14 heavy (non-hydrogen) atoms. The van der Waals surface area contributed by atoms with E-state index in [-0.39, 0.29) is 0 Å². The highest BCUT2D eigenvalue weighted by atomic mass is 35.5. The fourth-order valence-electron chi connectivity index (χ4n) is 0.892. The summed E-state index contributed by atoms with van der Waals surface area (Å²) in [5, 5.41) is 13.7. The van der Waals surface area contributed by atoms with Crippen LogP contribution in [-0.4, -0.2) is 26.8 Å². The Kier molecular flexibility index (Phi) is 2.51. The van der Waals surface area contributed by atoms with Gasteiger partial charge in [0.2, 0.25) is 0 Å². The van der Waals surface area contributed by atoms with Crippen LogP contribution in [0.1, 0.15) is 5.56 Å². The van der Waals surface area contributed by atoms with Crippen molar-refractivity contribution in [1.29, 1.82) is 0 Å². The summed E-state index contributed by atoms with van der Waals surface area (Å²) in [6.45, 7) is 0. The molecule has 0 aliphatic rings. The van der Waals surface area contributed by atoms with Crippen LogP contribution in [-0.2, 0) is 0 Å². The van der Waals surface area contributed by atoms with Crippen molar-refractivity contribution in [2.45, 2.75) is 0 Å². The van der Waals surface area contributed by atoms with E-state index in [9.17, 15) is 0 Å². The fraction of sp³-hybridized carbons (Fsp3) is 0. The monoisotopic (exact) mass is 207 g/mol. The molecule has 5 nitrogen and oxygen atoms in total. The highest BCUT2D eigenvalue weighted by Crippen LogP contribution is 2.08. The Morgan fingerprint density at radius 3 is 2.71 bits per heavy atom. The second-order valence-corrected chi connectivity index (χ2v) is 2.96. The first-order valence-electron chi connectivity index (χ1n) is 3.88. The van der Waals surface area contributed by atoms with Crippen LogP contribution < -0.4 is 0 Å². The lowest BCUT2D eigenvalue weighted by Crippen LogP contribution is -1.79. The van der Waals surface area contributed by atoms with Crippen molar-refractivity contribution < 1.29 is 0 Å². The zero-order valence-corrected chi connectivity index (χ0v) is 7.81. The van der Waals surface area contributed by atoms with Gasteiger partial charge in [0.1, 0.15) is 0 Å². The summed E-state index contributed by atoms with van der Waals surface area (Å²) < 4.78 is 0. The van der Waals surface area contributed by atoms with E-state index in [1.807, 2.05) is 12.1 Å². The maximum Gasteiger partial charge on any atom is 0.288 e. The van der Waals surface area contributed by atoms with Gasteiger partial charge in [0, 0.05) is 11.2 Å². The minimum atomic E-state index is 0.306. The van der Waals surface area contributed by atoms with Crippen molar-refractivity contribution in [3.63, 3.8) is 0 Å². The SMILES string of the molecule is Clc1ccc(C=Nc2nn[nH]n2)cc1. The van der Waals surface area contributed by atoms with Crippen LogP contribution in [0.3, 0.4) is 0 Å². The zero-order chi connectivity index (χ0) is 9.80. The molecule has 0 atom stereocenters. The van der Waals surface area contributed by atoms with E-state index in [1.54, 1.807) is 18.3 Å². The number of rotatable bonds is 2. The molecule has 6 heteroatoms. The van der Waals surface area contributed by atoms with E-state index in [1.165, 1.54) is 0 Å². The van der Waals surface area contributed by atoms with Crippen molar-refractivity contribution >= 4 is 23.8 Å². The standard InChI is InChI=1S/C8H6ClN5/c9-7-3-1-6(2-4-7)5-10-8-11-13-14-12-8/h1-5H,(H,11,12,13,14). The molecule has 0 aliphatic heterocycles. The number of nitrogens with one attached hydrogen (secondary N) is 1. The average molecular weight is 208 g/mol. The number of aromatic amines is 1. The molecule has 0 saturated carbocycles. The molecule has 0 radical (unpaired) electrons. The van der Waals surface area contributed by atoms with E-state index < -0.39 is 0 Å². The minimum absolute atomic E-state index is 0.306. The highest BCUT2D eigenvalue weighted by Gasteiger charge is 1.92. The number of hydrogen-bond donors (Lipinski definition) is 1. The predicted molar refractivity (Wildman–Crippen MR) is 52.9 cm³/mol. The van der Waals surface area contributed by atoms with Crippen molar-refractivity contribution in [3.05, 3.63) is 34.9 Å². The fourth-order valence-corrected chi connectivity index (χ4v) is 1.02. The normalized spacial score (nSPS) is 10.9. The molecule has 1 aromatic heterocycles. The Hall–Kier alpha value is -1.75. The number of tetrazole rings is 1. The lowest BCUT2D eigenvalue weighted by atomic mass is 10.2. The Balaban J connectivity index is 2.15. The first-order chi connectivity index (χ1) is 6.84. The van der Waals surface area contributed by atoms with Crippen LogP contribution in [0.5, 0.6) is 0 Å². The number of aromatic nitrogens is 4. The number of halogens is 1. The molecular weight excluding hydrogens is 202 g/mol. The summed E-state index contributed by atoms with van der Waals surface area (Å²) in [7, 11) is 0. The smallest absolute Gasteiger partial charge is 0.216 e. The molecule has 0 amide bonds. The second-order valence-electron chi connectivity index (χ2n) is 2.52. The lowest BCUT2D eigenvalue weighted by molar-refractivity contribution is 0.881. The van der Waals surface area contributed by atoms with Crippen LogP contribution in [0.25, 0.3) is 0 Å². The van der Waals surface area contributed by atoms with Gasteiger partial charge in [-0.25, -0.2) is 4.99 Å². The van der Waals surface area contributed by atoms with Gasteiger partial charge in [-0.3, -0.25) is 0 Å². The number of nitrogens with zero attached hydrogens (tertiary/aromatic N) is 4. The third-order valence-electron chi connectivity index (χ3n) is 1.53. The molecule has 2 aromatic rings. The molecule has 0 aliphatic carbocycles. The third kappa shape index (κ3) is 2.14. The molecule has 0 saturated heterocycles. The number of hydrogen-bond acceptors (Lipinski definition) is 4. The summed E-state index contributed by atoms with van der Waals surface area (Å²) in [6.07, 6.45) is 1.64. The molecule has 1 aromatic carbocycles. The quantitative estimate of drug-likeness (QED) is 0.761. The number of H-pyrrole nitrogens is 1. The summed E-state index contributed by atoms with van der Waals surface area (Å²) in [6, 6.07) is 7.29. The number of benzene rings is 1. The van der Waals surface area contributed by atoms with Gasteiger partial charge in [-0.1, -0.05) is 28.8 Å². The molecule has 0 unspecified atom stereocenters. The Morgan fingerprint density at radius 2 is 2.07 bits per heavy atom. The first kappa shape index (κ1) is 8.83. The summed E-state index contributed by atoms with van der Waals surface area (Å²) >= 11 is 5.73. The largest absolute Gasteiger partial charge is 0.288 e. The molecule has 0 spiro atoms. The maximum absolute atomic E-state index is 5.73. The topological polar surface area (TPSA) is 66.8 Å². The van der Waals surface area contributed by atoms with E-state index in [0.717, 1.165) is 5.56 Å². The molecule has 1 heterocycles. The minimum Gasteiger partial charge on any atom is -0.216 e. The van der Waals surface area contributed by atoms with Gasteiger partial charge < -0.3 is 0 Å². The van der Waals surface area contributed by atoms with Crippen molar-refractivity contribution in [2.24, 2.45) is 4.99 Å². The van der Waals surface area contributed by atoms with Crippen LogP contribution in [0, 0.1) is 0 Å². The van der Waals surface area contributed by atoms with Gasteiger partial charge in [-0.05, 0) is 22.9 Å². The first-order valence-corrected chi connectivity index (χ1v) is 4.25. The van der Waals surface area contributed by atoms with Crippen LogP contribution in [0.2, 0.25) is 5.02 Å². The summed E-state index contributed by atoms with van der Waals surface area (Å²) in [4.78, 5) is 3.98. The Morgan fingerprint density at radius 1 is 1.29 bits per heavy atom. The van der Waals surface area contributed by atoms with Crippen LogP contribution >= 0.6 is 11.6 Å². The van der Waals surface area contributed by atoms with Gasteiger partial charge in [-0.15, -0.1) is 5.10 Å². The van der Waals surface area contributed by atoms with E-state index >= 15 is 0 Å². The van der Waals surface area contributed by atoms with Crippen molar-refractivity contribution in [3.8, 4) is 0 Å². The predicted octanol–water partition coefficient (Wildman–Crippen LogP) is 1.60. The van der Waals surface area contributed by atoms with E-state index in [4.69, 9.17) is 11.6 Å².